The van der Waals surface area contributed by atoms with Crippen LogP contribution in [0.15, 0.2) is 53.4 Å². The van der Waals surface area contributed by atoms with Gasteiger partial charge in [0.15, 0.2) is 0 Å². The van der Waals surface area contributed by atoms with Gasteiger partial charge in [0.05, 0.1) is 24.2 Å². The predicted octanol–water partition coefficient (Wildman–Crippen LogP) is 3.34. The van der Waals surface area contributed by atoms with E-state index in [-0.39, 0.29) is 18.4 Å². The first-order valence-electron chi connectivity index (χ1n) is 10.1. The van der Waals surface area contributed by atoms with Crippen LogP contribution in [0.2, 0.25) is 0 Å². The van der Waals surface area contributed by atoms with Crippen LogP contribution in [0.4, 0.5) is 0 Å². The number of nitrogens with zero attached hydrogens (tertiary/aromatic N) is 1. The molecule has 29 heavy (non-hydrogen) atoms. The Labute approximate surface area is 179 Å². The number of rotatable bonds is 6. The van der Waals surface area contributed by atoms with E-state index >= 15 is 0 Å². The molecule has 1 fully saturated rings. The molecule has 0 saturated carbocycles. The molecule has 1 aliphatic carbocycles. The second-order valence-corrected chi connectivity index (χ2v) is 9.35. The van der Waals surface area contributed by atoms with Crippen molar-refractivity contribution in [2.75, 3.05) is 32.8 Å². The van der Waals surface area contributed by atoms with E-state index in [0.717, 1.165) is 37.9 Å². The zero-order chi connectivity index (χ0) is 19.4. The lowest BCUT2D eigenvalue weighted by Crippen LogP contribution is -2.43. The zero-order valence-electron chi connectivity index (χ0n) is 16.5. The van der Waals surface area contributed by atoms with Crippen LogP contribution in [-0.2, 0) is 27.6 Å². The monoisotopic (exact) mass is 436 g/mol. The molecule has 0 bridgehead atoms. The Morgan fingerprint density at radius 2 is 1.66 bits per heavy atom. The summed E-state index contributed by atoms with van der Waals surface area (Å²) in [5, 5.41) is 0. The fourth-order valence-corrected chi connectivity index (χ4v) is 5.34. The van der Waals surface area contributed by atoms with Gasteiger partial charge in [-0.3, -0.25) is 4.90 Å². The topological polar surface area (TPSA) is 58.6 Å². The van der Waals surface area contributed by atoms with E-state index in [1.807, 2.05) is 42.5 Å². The largest absolute Gasteiger partial charge is 0.379 e. The van der Waals surface area contributed by atoms with Gasteiger partial charge in [-0.1, -0.05) is 36.4 Å². The molecule has 1 N–H and O–H groups in total. The molecular weight excluding hydrogens is 408 g/mol. The smallest absolute Gasteiger partial charge is 0.241 e. The standard InChI is InChI=1S/C22H28N2O3S.ClH/c25-28(26,21-11-10-18-6-4-5-9-20(18)16-21)23-22(19-7-2-1-3-8-19)17-24-12-14-27-15-13-24;/h1-3,7-8,10-11,16,22-23H,4-6,9,12-15,17H2;1H. The molecule has 5 nitrogen and oxygen atoms in total. The van der Waals surface area contributed by atoms with Gasteiger partial charge in [0, 0.05) is 19.6 Å². The second kappa shape index (κ2) is 10.0. The van der Waals surface area contributed by atoms with Gasteiger partial charge in [0.1, 0.15) is 0 Å². The number of hydrogen-bond acceptors (Lipinski definition) is 4. The molecule has 2 aromatic carbocycles. The summed E-state index contributed by atoms with van der Waals surface area (Å²) in [5.41, 5.74) is 3.45. The summed E-state index contributed by atoms with van der Waals surface area (Å²) in [7, 11) is -3.60. The number of sulfonamides is 1. The fourth-order valence-electron chi connectivity index (χ4n) is 4.07. The summed E-state index contributed by atoms with van der Waals surface area (Å²) in [5.74, 6) is 0. The van der Waals surface area contributed by atoms with Crippen LogP contribution in [0.1, 0.15) is 35.6 Å². The molecule has 2 aromatic rings. The van der Waals surface area contributed by atoms with Gasteiger partial charge in [-0.05, 0) is 54.5 Å². The Morgan fingerprint density at radius 1 is 0.966 bits per heavy atom. The number of halogens is 1. The highest BCUT2D eigenvalue weighted by atomic mass is 35.5. The lowest BCUT2D eigenvalue weighted by molar-refractivity contribution is 0.0345. The number of ether oxygens (including phenoxy) is 1. The van der Waals surface area contributed by atoms with Crippen molar-refractivity contribution in [1.29, 1.82) is 0 Å². The minimum atomic E-state index is -3.60. The third-order valence-electron chi connectivity index (χ3n) is 5.67. The maximum Gasteiger partial charge on any atom is 0.241 e. The lowest BCUT2D eigenvalue weighted by Gasteiger charge is -2.31. The summed E-state index contributed by atoms with van der Waals surface area (Å²) in [6.45, 7) is 3.67. The third-order valence-corrected chi connectivity index (χ3v) is 7.14. The third kappa shape index (κ3) is 5.58. The maximum atomic E-state index is 13.2. The van der Waals surface area contributed by atoms with E-state index in [1.165, 1.54) is 17.5 Å². The molecule has 0 spiro atoms. The summed E-state index contributed by atoms with van der Waals surface area (Å²) >= 11 is 0. The number of nitrogens with one attached hydrogen (secondary N) is 1. The Kier molecular flexibility index (Phi) is 7.71. The second-order valence-electron chi connectivity index (χ2n) is 7.64. The van der Waals surface area contributed by atoms with E-state index in [2.05, 4.69) is 9.62 Å². The van der Waals surface area contributed by atoms with Crippen molar-refractivity contribution in [3.63, 3.8) is 0 Å². The first-order chi connectivity index (χ1) is 13.6. The molecule has 1 saturated heterocycles. The van der Waals surface area contributed by atoms with Crippen LogP contribution in [-0.4, -0.2) is 46.2 Å². The van der Waals surface area contributed by atoms with Gasteiger partial charge in [-0.25, -0.2) is 13.1 Å². The molecule has 7 heteroatoms. The highest BCUT2D eigenvalue weighted by Crippen LogP contribution is 2.25. The molecule has 2 aliphatic rings. The van der Waals surface area contributed by atoms with E-state index in [4.69, 9.17) is 4.74 Å². The molecule has 0 radical (unpaired) electrons. The van der Waals surface area contributed by atoms with Gasteiger partial charge in [0.2, 0.25) is 10.0 Å². The number of fused-ring (bicyclic) bond motifs is 1. The first-order valence-corrected chi connectivity index (χ1v) is 11.6. The Balaban J connectivity index is 0.00000240. The molecule has 1 aliphatic heterocycles. The van der Waals surface area contributed by atoms with Crippen LogP contribution < -0.4 is 4.72 Å². The number of aryl methyl sites for hydroxylation is 2. The fraction of sp³-hybridized carbons (Fsp3) is 0.455. The van der Waals surface area contributed by atoms with Gasteiger partial charge < -0.3 is 4.74 Å². The molecule has 1 unspecified atom stereocenters. The van der Waals surface area contributed by atoms with Crippen molar-refractivity contribution in [3.05, 3.63) is 65.2 Å². The molecule has 0 aromatic heterocycles. The summed E-state index contributed by atoms with van der Waals surface area (Å²) in [6, 6.07) is 15.2. The number of morpholine rings is 1. The molecule has 4 rings (SSSR count). The molecular formula is C22H29ClN2O3S. The van der Waals surface area contributed by atoms with Gasteiger partial charge in [-0.15, -0.1) is 12.4 Å². The Morgan fingerprint density at radius 3 is 2.38 bits per heavy atom. The van der Waals surface area contributed by atoms with Crippen molar-refractivity contribution < 1.29 is 13.2 Å². The first kappa shape index (κ1) is 22.2. The molecule has 158 valence electrons. The van der Waals surface area contributed by atoms with Crippen molar-refractivity contribution in [3.8, 4) is 0 Å². The summed E-state index contributed by atoms with van der Waals surface area (Å²) in [4.78, 5) is 2.63. The van der Waals surface area contributed by atoms with Crippen molar-refractivity contribution >= 4 is 22.4 Å². The molecule has 0 amide bonds. The van der Waals surface area contributed by atoms with Crippen LogP contribution in [0.5, 0.6) is 0 Å². The summed E-state index contributed by atoms with van der Waals surface area (Å²) < 4.78 is 34.8. The van der Waals surface area contributed by atoms with Crippen molar-refractivity contribution in [1.82, 2.24) is 9.62 Å². The molecule has 1 atom stereocenters. The van der Waals surface area contributed by atoms with Crippen molar-refractivity contribution in [2.24, 2.45) is 0 Å². The van der Waals surface area contributed by atoms with E-state index < -0.39 is 10.0 Å². The van der Waals surface area contributed by atoms with Crippen LogP contribution in [0.25, 0.3) is 0 Å². The highest BCUT2D eigenvalue weighted by Gasteiger charge is 2.25. The zero-order valence-corrected chi connectivity index (χ0v) is 18.2. The Hall–Kier alpha value is -1.44. The average molecular weight is 437 g/mol. The van der Waals surface area contributed by atoms with E-state index in [9.17, 15) is 8.42 Å². The lowest BCUT2D eigenvalue weighted by atomic mass is 9.92. The van der Waals surface area contributed by atoms with Crippen molar-refractivity contribution in [2.45, 2.75) is 36.6 Å². The van der Waals surface area contributed by atoms with Gasteiger partial charge >= 0.3 is 0 Å². The van der Waals surface area contributed by atoms with Gasteiger partial charge in [0.25, 0.3) is 0 Å². The SMILES string of the molecule is Cl.O=S(=O)(NC(CN1CCOCC1)c1ccccc1)c1ccc2c(c1)CCCC2. The minimum absolute atomic E-state index is 0. The minimum Gasteiger partial charge on any atom is -0.379 e. The maximum absolute atomic E-state index is 13.2. The summed E-state index contributed by atoms with van der Waals surface area (Å²) in [6.07, 6.45) is 4.34. The normalized spacial score (nSPS) is 18.5. The van der Waals surface area contributed by atoms with Crippen LogP contribution in [0.3, 0.4) is 0 Å². The van der Waals surface area contributed by atoms with E-state index in [1.54, 1.807) is 6.07 Å². The van der Waals surface area contributed by atoms with E-state index in [0.29, 0.717) is 24.7 Å². The quantitative estimate of drug-likeness (QED) is 0.754. The van der Waals surface area contributed by atoms with Gasteiger partial charge in [-0.2, -0.15) is 0 Å². The number of benzene rings is 2. The number of hydrogen-bond donors (Lipinski definition) is 1. The highest BCUT2D eigenvalue weighted by molar-refractivity contribution is 7.89. The average Bonchev–Trinajstić information content (AvgIpc) is 2.74. The Bertz CT molecular complexity index is 900. The predicted molar refractivity (Wildman–Crippen MR) is 117 cm³/mol. The molecule has 1 heterocycles. The van der Waals surface area contributed by atoms with Crippen LogP contribution in [0, 0.1) is 0 Å². The van der Waals surface area contributed by atoms with Crippen LogP contribution >= 0.6 is 12.4 Å².